The monoisotopic (exact) mass is 392 g/mol. The van der Waals surface area contributed by atoms with E-state index in [4.69, 9.17) is 14.1 Å². The minimum atomic E-state index is -0.169. The summed E-state index contributed by atoms with van der Waals surface area (Å²) in [5.41, 5.74) is 2.12. The van der Waals surface area contributed by atoms with Gasteiger partial charge in [0.2, 0.25) is 0 Å². The number of rotatable bonds is 7. The largest absolute Gasteiger partial charge is 0.484 e. The second kappa shape index (κ2) is 8.27. The minimum absolute atomic E-state index is 0.0682. The number of para-hydroxylation sites is 2. The predicted molar refractivity (Wildman–Crippen MR) is 111 cm³/mol. The Kier molecular flexibility index (Phi) is 5.39. The number of furan rings is 1. The van der Waals surface area contributed by atoms with Gasteiger partial charge in [0.05, 0.1) is 23.0 Å². The van der Waals surface area contributed by atoms with Crippen LogP contribution in [-0.4, -0.2) is 17.5 Å². The van der Waals surface area contributed by atoms with E-state index in [0.717, 1.165) is 16.6 Å². The predicted octanol–water partition coefficient (Wildman–Crippen LogP) is 5.06. The summed E-state index contributed by atoms with van der Waals surface area (Å²) in [6.07, 6.45) is 2.50. The van der Waals surface area contributed by atoms with Gasteiger partial charge >= 0.3 is 0 Å². The van der Waals surface area contributed by atoms with Crippen molar-refractivity contribution >= 4 is 32.6 Å². The molecular weight excluding hydrogens is 372 g/mol. The highest BCUT2D eigenvalue weighted by Gasteiger charge is 2.22. The first-order valence-electron chi connectivity index (χ1n) is 9.13. The van der Waals surface area contributed by atoms with E-state index in [2.05, 4.69) is 13.0 Å². The number of hydrogen-bond donors (Lipinski definition) is 0. The molecule has 28 heavy (non-hydrogen) atoms. The first-order chi connectivity index (χ1) is 13.7. The van der Waals surface area contributed by atoms with Crippen LogP contribution >= 0.6 is 11.3 Å². The van der Waals surface area contributed by atoms with Crippen molar-refractivity contribution in [3.05, 3.63) is 78.3 Å². The highest BCUT2D eigenvalue weighted by Crippen LogP contribution is 2.32. The number of aromatic nitrogens is 1. The van der Waals surface area contributed by atoms with Crippen LogP contribution in [0.25, 0.3) is 10.2 Å². The van der Waals surface area contributed by atoms with Crippen LogP contribution in [0.3, 0.4) is 0 Å². The topological polar surface area (TPSA) is 55.6 Å². The number of nitrogens with zero attached hydrogens (tertiary/aromatic N) is 2. The maximum Gasteiger partial charge on any atom is 0.267 e. The Bertz CT molecular complexity index is 1060. The Morgan fingerprint density at radius 3 is 2.71 bits per heavy atom. The Hall–Kier alpha value is -3.12. The average Bonchev–Trinajstić information content (AvgIpc) is 3.40. The fraction of sp³-hybridized carbons (Fsp3) is 0.182. The highest BCUT2D eigenvalue weighted by atomic mass is 32.1. The third kappa shape index (κ3) is 3.92. The van der Waals surface area contributed by atoms with Crippen LogP contribution in [0.2, 0.25) is 0 Å². The van der Waals surface area contributed by atoms with Gasteiger partial charge in [-0.05, 0) is 42.3 Å². The highest BCUT2D eigenvalue weighted by molar-refractivity contribution is 7.22. The number of amides is 1. The van der Waals surface area contributed by atoms with Crippen LogP contribution in [-0.2, 0) is 17.8 Å². The first-order valence-corrected chi connectivity index (χ1v) is 9.95. The number of thiazole rings is 1. The van der Waals surface area contributed by atoms with Gasteiger partial charge < -0.3 is 9.15 Å². The molecule has 1 amide bonds. The number of carbonyl (C=O) groups excluding carboxylic acids is 1. The summed E-state index contributed by atoms with van der Waals surface area (Å²) in [5, 5.41) is 0.647. The van der Waals surface area contributed by atoms with E-state index in [1.54, 1.807) is 11.2 Å². The zero-order valence-electron chi connectivity index (χ0n) is 15.5. The number of anilines is 1. The molecule has 0 N–H and O–H groups in total. The zero-order valence-corrected chi connectivity index (χ0v) is 16.3. The number of ether oxygens (including phenoxy) is 1. The van der Waals surface area contributed by atoms with Crippen molar-refractivity contribution in [1.29, 1.82) is 0 Å². The smallest absolute Gasteiger partial charge is 0.267 e. The molecular formula is C22H20N2O3S. The molecule has 4 aromatic rings. The third-order valence-corrected chi connectivity index (χ3v) is 5.45. The van der Waals surface area contributed by atoms with E-state index in [0.29, 0.717) is 23.2 Å². The molecule has 0 aliphatic carbocycles. The number of hydrogen-bond acceptors (Lipinski definition) is 5. The second-order valence-electron chi connectivity index (χ2n) is 6.27. The molecule has 142 valence electrons. The van der Waals surface area contributed by atoms with Crippen LogP contribution in [0, 0.1) is 0 Å². The normalized spacial score (nSPS) is 10.9. The lowest BCUT2D eigenvalue weighted by Crippen LogP contribution is -2.34. The van der Waals surface area contributed by atoms with Gasteiger partial charge in [0.15, 0.2) is 11.7 Å². The molecule has 0 aliphatic heterocycles. The van der Waals surface area contributed by atoms with Gasteiger partial charge in [-0.1, -0.05) is 48.6 Å². The summed E-state index contributed by atoms with van der Waals surface area (Å²) in [6, 6.07) is 19.1. The van der Waals surface area contributed by atoms with Gasteiger partial charge in [-0.3, -0.25) is 9.69 Å². The lowest BCUT2D eigenvalue weighted by Gasteiger charge is -2.19. The van der Waals surface area contributed by atoms with Crippen molar-refractivity contribution < 1.29 is 13.9 Å². The number of fused-ring (bicyclic) bond motifs is 1. The molecule has 5 nitrogen and oxygen atoms in total. The van der Waals surface area contributed by atoms with Crippen molar-refractivity contribution in [3.8, 4) is 5.75 Å². The lowest BCUT2D eigenvalue weighted by molar-refractivity contribution is -0.120. The van der Waals surface area contributed by atoms with Crippen molar-refractivity contribution in [3.63, 3.8) is 0 Å². The van der Waals surface area contributed by atoms with Crippen LogP contribution in [0.5, 0.6) is 5.75 Å². The van der Waals surface area contributed by atoms with Gasteiger partial charge in [-0.2, -0.15) is 0 Å². The molecule has 0 spiro atoms. The average molecular weight is 392 g/mol. The van der Waals surface area contributed by atoms with Gasteiger partial charge in [0.25, 0.3) is 5.91 Å². The van der Waals surface area contributed by atoms with E-state index < -0.39 is 0 Å². The molecule has 0 fully saturated rings. The molecule has 4 rings (SSSR count). The van der Waals surface area contributed by atoms with E-state index in [1.165, 1.54) is 16.9 Å². The summed E-state index contributed by atoms with van der Waals surface area (Å²) in [7, 11) is 0. The SMILES string of the molecule is CCc1cccc2sc(N(Cc3ccco3)C(=O)COc3ccccc3)nc12. The quantitative estimate of drug-likeness (QED) is 0.441. The molecule has 6 heteroatoms. The van der Waals surface area contributed by atoms with E-state index >= 15 is 0 Å². The standard InChI is InChI=1S/C22H20N2O3S/c1-2-16-8-6-12-19-21(16)23-22(28-19)24(14-18-11-7-13-26-18)20(25)15-27-17-9-4-3-5-10-17/h3-13H,2,14-15H2,1H3. The van der Waals surface area contributed by atoms with E-state index in [-0.39, 0.29) is 12.5 Å². The molecule has 2 heterocycles. The van der Waals surface area contributed by atoms with Crippen molar-refractivity contribution in [2.24, 2.45) is 0 Å². The van der Waals surface area contributed by atoms with E-state index in [1.807, 2.05) is 54.6 Å². The van der Waals surface area contributed by atoms with Gasteiger partial charge in [-0.15, -0.1) is 0 Å². The van der Waals surface area contributed by atoms with E-state index in [9.17, 15) is 4.79 Å². The van der Waals surface area contributed by atoms with Crippen molar-refractivity contribution in [1.82, 2.24) is 4.98 Å². The molecule has 2 aromatic carbocycles. The molecule has 0 saturated heterocycles. The summed E-state index contributed by atoms with van der Waals surface area (Å²) in [6.45, 7) is 2.35. The van der Waals surface area contributed by atoms with Crippen LogP contribution in [0.1, 0.15) is 18.2 Å². The van der Waals surface area contributed by atoms with Gasteiger partial charge in [0, 0.05) is 0 Å². The fourth-order valence-corrected chi connectivity index (χ4v) is 3.99. The van der Waals surface area contributed by atoms with Gasteiger partial charge in [0.1, 0.15) is 11.5 Å². The Balaban J connectivity index is 1.62. The molecule has 0 unspecified atom stereocenters. The van der Waals surface area contributed by atoms with Crippen LogP contribution in [0.4, 0.5) is 5.13 Å². The zero-order chi connectivity index (χ0) is 19.3. The van der Waals surface area contributed by atoms with Crippen LogP contribution < -0.4 is 9.64 Å². The molecule has 0 radical (unpaired) electrons. The molecule has 0 atom stereocenters. The second-order valence-corrected chi connectivity index (χ2v) is 7.28. The number of carbonyl (C=O) groups is 1. The fourth-order valence-electron chi connectivity index (χ4n) is 2.96. The number of benzene rings is 2. The summed E-state index contributed by atoms with van der Waals surface area (Å²) in [4.78, 5) is 19.4. The molecule has 0 aliphatic rings. The van der Waals surface area contributed by atoms with Gasteiger partial charge in [-0.25, -0.2) is 4.98 Å². The lowest BCUT2D eigenvalue weighted by atomic mass is 10.1. The Morgan fingerprint density at radius 2 is 1.96 bits per heavy atom. The maximum absolute atomic E-state index is 13.0. The summed E-state index contributed by atoms with van der Waals surface area (Å²) >= 11 is 1.50. The van der Waals surface area contributed by atoms with Crippen molar-refractivity contribution in [2.75, 3.05) is 11.5 Å². The maximum atomic E-state index is 13.0. The summed E-state index contributed by atoms with van der Waals surface area (Å²) < 4.78 is 12.2. The van der Waals surface area contributed by atoms with Crippen molar-refractivity contribution in [2.45, 2.75) is 19.9 Å². The molecule has 0 bridgehead atoms. The number of aryl methyl sites for hydroxylation is 1. The third-order valence-electron chi connectivity index (χ3n) is 4.40. The Morgan fingerprint density at radius 1 is 1.11 bits per heavy atom. The first kappa shape index (κ1) is 18.3. The molecule has 2 aromatic heterocycles. The molecule has 0 saturated carbocycles. The summed E-state index contributed by atoms with van der Waals surface area (Å²) in [5.74, 6) is 1.19. The Labute approximate surface area is 167 Å². The van der Waals surface area contributed by atoms with Crippen LogP contribution in [0.15, 0.2) is 71.3 Å². The minimum Gasteiger partial charge on any atom is -0.484 e.